The predicted molar refractivity (Wildman–Crippen MR) is 179 cm³/mol. The van der Waals surface area contributed by atoms with Crippen molar-refractivity contribution in [1.29, 1.82) is 0 Å². The number of amides is 3. The third kappa shape index (κ3) is 7.83. The van der Waals surface area contributed by atoms with Crippen LogP contribution in [0, 0.1) is 5.92 Å². The number of aliphatic carboxylic acids is 1. The van der Waals surface area contributed by atoms with E-state index in [-0.39, 0.29) is 24.4 Å². The number of urea groups is 1. The number of rotatable bonds is 13. The van der Waals surface area contributed by atoms with E-state index in [0.717, 1.165) is 65.8 Å². The normalized spacial score (nSPS) is 21.8. The van der Waals surface area contributed by atoms with Gasteiger partial charge in [-0.15, -0.1) is 0 Å². The minimum absolute atomic E-state index is 0.0200. The van der Waals surface area contributed by atoms with Gasteiger partial charge < -0.3 is 29.0 Å². The minimum atomic E-state index is -0.861. The van der Waals surface area contributed by atoms with Crippen LogP contribution >= 0.6 is 0 Å². The number of ether oxygens (including phenoxy) is 1. The highest BCUT2D eigenvalue weighted by atomic mass is 16.5. The van der Waals surface area contributed by atoms with Gasteiger partial charge in [0.15, 0.2) is 0 Å². The molecule has 1 unspecified atom stereocenters. The van der Waals surface area contributed by atoms with E-state index in [9.17, 15) is 19.5 Å². The summed E-state index contributed by atoms with van der Waals surface area (Å²) < 4.78 is 6.51. The van der Waals surface area contributed by atoms with Gasteiger partial charge in [0.2, 0.25) is 5.91 Å². The third-order valence-corrected chi connectivity index (χ3v) is 9.64. The zero-order valence-electron chi connectivity index (χ0n) is 28.3. The molecule has 0 radical (unpaired) electrons. The van der Waals surface area contributed by atoms with Crippen molar-refractivity contribution in [2.75, 3.05) is 79.0 Å². The summed E-state index contributed by atoms with van der Waals surface area (Å²) in [6.07, 6.45) is 4.01. The Kier molecular flexibility index (Phi) is 10.6. The van der Waals surface area contributed by atoms with E-state index in [4.69, 9.17) is 4.74 Å². The topological polar surface area (TPSA) is 93.6 Å². The largest absolute Gasteiger partial charge is 0.493 e. The number of anilines is 1. The van der Waals surface area contributed by atoms with Gasteiger partial charge in [-0.05, 0) is 48.6 Å². The summed E-state index contributed by atoms with van der Waals surface area (Å²) in [5.41, 5.74) is 4.13. The van der Waals surface area contributed by atoms with Crippen molar-refractivity contribution < 1.29 is 28.7 Å². The summed E-state index contributed by atoms with van der Waals surface area (Å²) in [5, 5.41) is 10.7. The van der Waals surface area contributed by atoms with Crippen molar-refractivity contribution in [2.45, 2.75) is 57.5 Å². The molecular weight excluding hydrogens is 582 g/mol. The highest BCUT2D eigenvalue weighted by Crippen LogP contribution is 2.41. The van der Waals surface area contributed by atoms with Crippen LogP contribution in [0.4, 0.5) is 10.5 Å². The van der Waals surface area contributed by atoms with Gasteiger partial charge in [-0.2, -0.15) is 0 Å². The second-order valence-corrected chi connectivity index (χ2v) is 14.3. The highest BCUT2D eigenvalue weighted by Gasteiger charge is 2.47. The lowest BCUT2D eigenvalue weighted by Gasteiger charge is -2.35. The van der Waals surface area contributed by atoms with Crippen LogP contribution < -0.4 is 9.64 Å². The Morgan fingerprint density at radius 2 is 1.91 bits per heavy atom. The molecule has 0 aromatic heterocycles. The molecule has 2 saturated heterocycles. The number of carbonyl (C=O) groups is 3. The van der Waals surface area contributed by atoms with Crippen LogP contribution in [-0.2, 0) is 22.6 Å². The second-order valence-electron chi connectivity index (χ2n) is 14.3. The number of carboxylic acids is 1. The summed E-state index contributed by atoms with van der Waals surface area (Å²) in [7, 11) is 8.26. The van der Waals surface area contributed by atoms with Crippen molar-refractivity contribution >= 4 is 23.6 Å². The van der Waals surface area contributed by atoms with Crippen LogP contribution in [-0.4, -0.2) is 122 Å². The van der Waals surface area contributed by atoms with E-state index in [1.165, 1.54) is 5.56 Å². The van der Waals surface area contributed by atoms with Crippen LogP contribution in [0.25, 0.3) is 0 Å². The third-order valence-electron chi connectivity index (χ3n) is 9.64. The number of nitrogens with zero attached hydrogens (tertiary/aromatic N) is 5. The fourth-order valence-corrected chi connectivity index (χ4v) is 7.40. The Balaban J connectivity index is 1.43. The molecule has 1 N–H and O–H groups in total. The fraction of sp³-hybridized carbons (Fsp3) is 0.583. The van der Waals surface area contributed by atoms with Crippen LogP contribution in [0.1, 0.15) is 55.2 Å². The van der Waals surface area contributed by atoms with E-state index < -0.39 is 17.9 Å². The number of quaternary nitrogens is 1. The molecule has 3 aliphatic heterocycles. The Morgan fingerprint density at radius 1 is 1.11 bits per heavy atom. The number of carbonyl (C=O) groups excluding carboxylic acids is 2. The lowest BCUT2D eigenvalue weighted by molar-refractivity contribution is -0.884. The maximum absolute atomic E-state index is 14.3. The summed E-state index contributed by atoms with van der Waals surface area (Å²) in [4.78, 5) is 47.7. The van der Waals surface area contributed by atoms with Crippen molar-refractivity contribution in [3.05, 3.63) is 59.2 Å². The van der Waals surface area contributed by atoms with Crippen LogP contribution in [0.3, 0.4) is 0 Å². The first-order chi connectivity index (χ1) is 21.9. The van der Waals surface area contributed by atoms with Gasteiger partial charge in [0.1, 0.15) is 12.3 Å². The van der Waals surface area contributed by atoms with Crippen molar-refractivity contribution in [3.63, 3.8) is 0 Å². The zero-order chi connectivity index (χ0) is 33.0. The van der Waals surface area contributed by atoms with Gasteiger partial charge in [-0.25, -0.2) is 4.79 Å². The van der Waals surface area contributed by atoms with Crippen LogP contribution in [0.5, 0.6) is 5.75 Å². The Morgan fingerprint density at radius 3 is 2.65 bits per heavy atom. The zero-order valence-corrected chi connectivity index (χ0v) is 28.3. The lowest BCUT2D eigenvalue weighted by atomic mass is 9.83. The van der Waals surface area contributed by atoms with Crippen molar-refractivity contribution in [1.82, 2.24) is 14.7 Å². The van der Waals surface area contributed by atoms with Gasteiger partial charge in [0.05, 0.1) is 40.2 Å². The highest BCUT2D eigenvalue weighted by molar-refractivity contribution is 5.95. The molecule has 5 rings (SSSR count). The number of hydrogen-bond donors (Lipinski definition) is 1. The number of carboxylic acid groups (broad SMARTS) is 1. The number of likely N-dealkylation sites (tertiary alicyclic amines) is 1. The molecule has 46 heavy (non-hydrogen) atoms. The fourth-order valence-electron chi connectivity index (χ4n) is 7.40. The summed E-state index contributed by atoms with van der Waals surface area (Å²) in [6, 6.07) is 13.9. The molecule has 2 fully saturated rings. The molecule has 10 nitrogen and oxygen atoms in total. The number of fused-ring (bicyclic) bond motifs is 1. The van der Waals surface area contributed by atoms with E-state index in [1.54, 1.807) is 4.90 Å². The molecule has 10 heteroatoms. The molecule has 0 saturated carbocycles. The second kappa shape index (κ2) is 14.4. The maximum Gasteiger partial charge on any atom is 0.319 e. The Bertz CT molecular complexity index is 1410. The van der Waals surface area contributed by atoms with E-state index >= 15 is 0 Å². The monoisotopic (exact) mass is 634 g/mol. The molecule has 2 aromatic carbocycles. The maximum atomic E-state index is 14.3. The average molecular weight is 635 g/mol. The smallest absolute Gasteiger partial charge is 0.319 e. The standard InChI is InChI=1S/C36H51N5O5/c1-6-7-18-40(29-11-8-10-26(21-29)25-41(3,4)5)33(42)24-39-23-30(27-12-13-32-28(22-27)15-20-46-32)34(35(43)44)31(39)14-19-38-17-9-16-37(2)36(38)45/h8,10-13,21-22,30-31,34H,6-7,9,14-20,23-25H2,1-5H3/p+1/t30-,31+,34?/m1/s1. The van der Waals surface area contributed by atoms with E-state index in [0.29, 0.717) is 39.2 Å². The Labute approximate surface area is 274 Å². The Hall–Kier alpha value is -3.63. The van der Waals surface area contributed by atoms with Crippen molar-refractivity contribution in [3.8, 4) is 5.75 Å². The van der Waals surface area contributed by atoms with E-state index in [1.807, 2.05) is 41.1 Å². The molecule has 3 aliphatic rings. The molecule has 0 aliphatic carbocycles. The quantitative estimate of drug-likeness (QED) is 0.331. The van der Waals surface area contributed by atoms with Gasteiger partial charge in [0.25, 0.3) is 0 Å². The lowest BCUT2D eigenvalue weighted by Crippen LogP contribution is -2.50. The molecule has 3 heterocycles. The SMILES string of the molecule is CCCCN(C(=O)CN1C[C@H](c2ccc3c(c2)CCO3)C(C(=O)O)[C@@H]1CCN1CCCN(C)C1=O)c1cccc(C[N+](C)(C)C)c1. The van der Waals surface area contributed by atoms with Gasteiger partial charge in [0, 0.05) is 69.4 Å². The summed E-state index contributed by atoms with van der Waals surface area (Å²) in [5.74, 6) is -1.01. The van der Waals surface area contributed by atoms with Crippen LogP contribution in [0.2, 0.25) is 0 Å². The van der Waals surface area contributed by atoms with E-state index in [2.05, 4.69) is 51.2 Å². The molecule has 3 amide bonds. The van der Waals surface area contributed by atoms with Gasteiger partial charge >= 0.3 is 12.0 Å². The number of hydrogen-bond acceptors (Lipinski definition) is 5. The summed E-state index contributed by atoms with van der Waals surface area (Å²) >= 11 is 0. The number of unbranched alkanes of at least 4 members (excludes halogenated alkanes) is 1. The molecule has 0 spiro atoms. The van der Waals surface area contributed by atoms with Gasteiger partial charge in [-0.3, -0.25) is 14.5 Å². The first-order valence-electron chi connectivity index (χ1n) is 16.9. The molecule has 0 bridgehead atoms. The van der Waals surface area contributed by atoms with Crippen LogP contribution in [0.15, 0.2) is 42.5 Å². The van der Waals surface area contributed by atoms with Crippen molar-refractivity contribution in [2.24, 2.45) is 5.92 Å². The predicted octanol–water partition coefficient (Wildman–Crippen LogP) is 4.28. The molecule has 2 aromatic rings. The summed E-state index contributed by atoms with van der Waals surface area (Å²) in [6.45, 7) is 6.63. The minimum Gasteiger partial charge on any atom is -0.493 e. The first kappa shape index (κ1) is 33.7. The molecular formula is C36H52N5O5+. The first-order valence-corrected chi connectivity index (χ1v) is 16.9. The average Bonchev–Trinajstić information content (AvgIpc) is 3.61. The number of benzene rings is 2. The molecule has 3 atom stereocenters. The van der Waals surface area contributed by atoms with Gasteiger partial charge in [-0.1, -0.05) is 37.6 Å². The molecule has 250 valence electrons.